The van der Waals surface area contributed by atoms with E-state index in [1.165, 1.54) is 16.8 Å². The third-order valence-corrected chi connectivity index (χ3v) is 4.18. The molecule has 0 radical (unpaired) electrons. The molecule has 0 saturated carbocycles. The summed E-state index contributed by atoms with van der Waals surface area (Å²) in [6, 6.07) is 15.1. The minimum absolute atomic E-state index is 0.677. The lowest BCUT2D eigenvalue weighted by Crippen LogP contribution is -2.24. The average Bonchev–Trinajstić information content (AvgIpc) is 2.62. The third-order valence-electron chi connectivity index (χ3n) is 4.18. The Morgan fingerprint density at radius 3 is 2.16 bits per heavy atom. The van der Waals surface area contributed by atoms with Gasteiger partial charge in [-0.05, 0) is 44.4 Å². The van der Waals surface area contributed by atoms with Crippen LogP contribution in [0.15, 0.2) is 42.5 Å². The molecule has 0 bridgehead atoms. The summed E-state index contributed by atoms with van der Waals surface area (Å²) in [7, 11) is 0. The van der Waals surface area contributed by atoms with Crippen molar-refractivity contribution >= 4 is 17.8 Å². The molecule has 0 N–H and O–H groups in total. The number of aryl methyl sites for hydroxylation is 1. The van der Waals surface area contributed by atoms with E-state index in [0.29, 0.717) is 6.61 Å². The van der Waals surface area contributed by atoms with Gasteiger partial charge >= 0.3 is 0 Å². The minimum Gasteiger partial charge on any atom is -0.493 e. The van der Waals surface area contributed by atoms with Crippen molar-refractivity contribution in [1.29, 1.82) is 0 Å². The lowest BCUT2D eigenvalue weighted by Gasteiger charge is -2.24. The van der Waals surface area contributed by atoms with Crippen LogP contribution in [-0.2, 0) is 0 Å². The van der Waals surface area contributed by atoms with Gasteiger partial charge in [0.25, 0.3) is 0 Å². The molecule has 0 amide bonds. The van der Waals surface area contributed by atoms with Gasteiger partial charge < -0.3 is 9.64 Å². The van der Waals surface area contributed by atoms with Gasteiger partial charge in [0.2, 0.25) is 0 Å². The van der Waals surface area contributed by atoms with Crippen LogP contribution in [0.2, 0.25) is 0 Å². The highest BCUT2D eigenvalue weighted by atomic mass is 16.5. The monoisotopic (exact) mass is 337 g/mol. The molecule has 0 saturated heterocycles. The fourth-order valence-corrected chi connectivity index (χ4v) is 2.91. The first-order valence-corrected chi connectivity index (χ1v) is 9.44. The Hall–Kier alpha value is -2.22. The van der Waals surface area contributed by atoms with E-state index in [1.54, 1.807) is 0 Å². The van der Waals surface area contributed by atoms with Crippen LogP contribution >= 0.6 is 0 Å². The van der Waals surface area contributed by atoms with Crippen molar-refractivity contribution in [2.75, 3.05) is 24.6 Å². The van der Waals surface area contributed by atoms with Gasteiger partial charge in [0.1, 0.15) is 5.75 Å². The Morgan fingerprint density at radius 1 is 0.880 bits per heavy atom. The molecule has 2 nitrogen and oxygen atoms in total. The summed E-state index contributed by atoms with van der Waals surface area (Å²) in [6.07, 6.45) is 6.59. The maximum Gasteiger partial charge on any atom is 0.128 e. The van der Waals surface area contributed by atoms with Crippen LogP contribution < -0.4 is 9.64 Å². The van der Waals surface area contributed by atoms with Gasteiger partial charge in [-0.1, -0.05) is 55.8 Å². The highest BCUT2D eigenvalue weighted by Gasteiger charge is 2.08. The van der Waals surface area contributed by atoms with Gasteiger partial charge in [-0.15, -0.1) is 0 Å². The van der Waals surface area contributed by atoms with Crippen LogP contribution in [0.5, 0.6) is 5.75 Å². The van der Waals surface area contributed by atoms with Crippen LogP contribution in [-0.4, -0.2) is 19.7 Å². The fourth-order valence-electron chi connectivity index (χ4n) is 2.91. The lowest BCUT2D eigenvalue weighted by molar-refractivity contribution is 0.339. The molecule has 0 aliphatic carbocycles. The van der Waals surface area contributed by atoms with E-state index in [0.717, 1.165) is 37.2 Å². The zero-order valence-electron chi connectivity index (χ0n) is 16.1. The van der Waals surface area contributed by atoms with Gasteiger partial charge in [0.15, 0.2) is 0 Å². The highest BCUT2D eigenvalue weighted by molar-refractivity contribution is 5.74. The second kappa shape index (κ2) is 9.93. The number of hydrogen-bond acceptors (Lipinski definition) is 2. The standard InChI is InChI=1S/C23H31NO/c1-5-16-24(17-6-2)22-15-14-21(23(18-22)25-7-3)13-12-20-10-8-19(4)9-11-20/h8-15,18H,5-7,16-17H2,1-4H3. The smallest absolute Gasteiger partial charge is 0.128 e. The van der Waals surface area contributed by atoms with Gasteiger partial charge in [0, 0.05) is 30.4 Å². The molecule has 0 aromatic heterocycles. The number of benzene rings is 2. The first-order valence-electron chi connectivity index (χ1n) is 9.44. The van der Waals surface area contributed by atoms with Gasteiger partial charge in [-0.3, -0.25) is 0 Å². The van der Waals surface area contributed by atoms with E-state index in [-0.39, 0.29) is 0 Å². The van der Waals surface area contributed by atoms with Crippen LogP contribution in [0.4, 0.5) is 5.69 Å². The fraction of sp³-hybridized carbons (Fsp3) is 0.391. The predicted molar refractivity (Wildman–Crippen MR) is 111 cm³/mol. The van der Waals surface area contributed by atoms with E-state index >= 15 is 0 Å². The van der Waals surface area contributed by atoms with Crippen molar-refractivity contribution in [2.45, 2.75) is 40.5 Å². The zero-order valence-corrected chi connectivity index (χ0v) is 16.1. The Kier molecular flexibility index (Phi) is 7.59. The van der Waals surface area contributed by atoms with Crippen LogP contribution in [0.3, 0.4) is 0 Å². The molecule has 0 aliphatic rings. The van der Waals surface area contributed by atoms with E-state index in [1.807, 2.05) is 6.92 Å². The number of anilines is 1. The van der Waals surface area contributed by atoms with E-state index in [4.69, 9.17) is 4.74 Å². The lowest BCUT2D eigenvalue weighted by atomic mass is 10.1. The largest absolute Gasteiger partial charge is 0.493 e. The number of rotatable bonds is 9. The molecule has 2 aromatic rings. The number of hydrogen-bond donors (Lipinski definition) is 0. The zero-order chi connectivity index (χ0) is 18.1. The topological polar surface area (TPSA) is 12.5 Å². The highest BCUT2D eigenvalue weighted by Crippen LogP contribution is 2.28. The third kappa shape index (κ3) is 5.67. The first-order chi connectivity index (χ1) is 12.2. The van der Waals surface area contributed by atoms with Crippen molar-refractivity contribution in [2.24, 2.45) is 0 Å². The Labute approximate surface area is 153 Å². The molecular formula is C23H31NO. The van der Waals surface area contributed by atoms with Crippen molar-refractivity contribution in [1.82, 2.24) is 0 Å². The summed E-state index contributed by atoms with van der Waals surface area (Å²) in [5, 5.41) is 0. The van der Waals surface area contributed by atoms with Gasteiger partial charge in [0.05, 0.1) is 6.61 Å². The molecule has 0 atom stereocenters. The molecule has 0 aliphatic heterocycles. The second-order valence-corrected chi connectivity index (χ2v) is 6.39. The molecule has 134 valence electrons. The number of nitrogens with zero attached hydrogens (tertiary/aromatic N) is 1. The summed E-state index contributed by atoms with van der Waals surface area (Å²) < 4.78 is 5.91. The summed E-state index contributed by atoms with van der Waals surface area (Å²) >= 11 is 0. The molecule has 0 heterocycles. The maximum atomic E-state index is 5.91. The average molecular weight is 338 g/mol. The number of ether oxygens (including phenoxy) is 1. The van der Waals surface area contributed by atoms with E-state index < -0.39 is 0 Å². The van der Waals surface area contributed by atoms with Crippen molar-refractivity contribution < 1.29 is 4.74 Å². The normalized spacial score (nSPS) is 11.0. The molecule has 2 heteroatoms. The molecule has 0 fully saturated rings. The Balaban J connectivity index is 2.26. The summed E-state index contributed by atoms with van der Waals surface area (Å²) in [6.45, 7) is 11.4. The molecule has 0 unspecified atom stereocenters. The Bertz CT molecular complexity index is 667. The van der Waals surface area contributed by atoms with E-state index in [2.05, 4.69) is 80.3 Å². The van der Waals surface area contributed by atoms with Crippen LogP contribution in [0.1, 0.15) is 50.3 Å². The quantitative estimate of drug-likeness (QED) is 0.506. The first kappa shape index (κ1) is 19.1. The van der Waals surface area contributed by atoms with Crippen LogP contribution in [0.25, 0.3) is 12.2 Å². The van der Waals surface area contributed by atoms with Crippen LogP contribution in [0, 0.1) is 6.92 Å². The second-order valence-electron chi connectivity index (χ2n) is 6.39. The van der Waals surface area contributed by atoms with Crippen molar-refractivity contribution in [3.8, 4) is 5.75 Å². The molecular weight excluding hydrogens is 306 g/mol. The van der Waals surface area contributed by atoms with Crippen molar-refractivity contribution in [3.05, 3.63) is 59.2 Å². The van der Waals surface area contributed by atoms with Gasteiger partial charge in [-0.25, -0.2) is 0 Å². The molecule has 2 rings (SSSR count). The summed E-state index contributed by atoms with van der Waals surface area (Å²) in [5.41, 5.74) is 4.86. The summed E-state index contributed by atoms with van der Waals surface area (Å²) in [4.78, 5) is 2.44. The summed E-state index contributed by atoms with van der Waals surface area (Å²) in [5.74, 6) is 0.959. The van der Waals surface area contributed by atoms with Crippen molar-refractivity contribution in [3.63, 3.8) is 0 Å². The predicted octanol–water partition coefficient (Wildman–Crippen LogP) is 6.19. The van der Waals surface area contributed by atoms with Gasteiger partial charge in [-0.2, -0.15) is 0 Å². The Morgan fingerprint density at radius 2 is 1.56 bits per heavy atom. The molecule has 0 spiro atoms. The SMILES string of the molecule is CCCN(CCC)c1ccc(C=Cc2ccc(C)cc2)c(OCC)c1. The maximum absolute atomic E-state index is 5.91. The molecule has 25 heavy (non-hydrogen) atoms. The van der Waals surface area contributed by atoms with E-state index in [9.17, 15) is 0 Å². The minimum atomic E-state index is 0.677. The molecule has 2 aromatic carbocycles.